The first kappa shape index (κ1) is 24.7. The lowest BCUT2D eigenvalue weighted by Crippen LogP contribution is -2.28. The zero-order valence-electron chi connectivity index (χ0n) is 19.5. The molecule has 0 bridgehead atoms. The van der Waals surface area contributed by atoms with E-state index in [9.17, 15) is 14.7 Å². The Labute approximate surface area is 209 Å². The van der Waals surface area contributed by atoms with Crippen molar-refractivity contribution in [2.24, 2.45) is 0 Å². The van der Waals surface area contributed by atoms with Gasteiger partial charge in [-0.2, -0.15) is 0 Å². The molecule has 3 N–H and O–H groups in total. The summed E-state index contributed by atoms with van der Waals surface area (Å²) >= 11 is 5.90. The molecule has 0 radical (unpaired) electrons. The van der Waals surface area contributed by atoms with Crippen LogP contribution in [0.1, 0.15) is 33.2 Å². The summed E-state index contributed by atoms with van der Waals surface area (Å²) in [5.41, 5.74) is 3.22. The van der Waals surface area contributed by atoms with E-state index in [0.717, 1.165) is 16.7 Å². The highest BCUT2D eigenvalue weighted by molar-refractivity contribution is 6.30. The minimum atomic E-state index is -0.561. The molecule has 7 heteroatoms. The molecule has 1 amide bonds. The van der Waals surface area contributed by atoms with Crippen molar-refractivity contribution < 1.29 is 9.90 Å². The first-order valence-electron chi connectivity index (χ1n) is 11.5. The van der Waals surface area contributed by atoms with E-state index >= 15 is 0 Å². The highest BCUT2D eigenvalue weighted by Gasteiger charge is 2.14. The first-order chi connectivity index (χ1) is 16.9. The standard InChI is InChI=1S/C28H28ClN3O3/c1-32(18-26(33)21-5-3-2-4-6-21)14-13-19-9-12-25-23(15-19)27(34)24(17-30-25)28(35)31-16-20-7-10-22(29)11-8-20/h2-12,15,17,26,33H,13-14,16,18H2,1H3,(H,30,34)(H,31,35). The Balaban J connectivity index is 1.41. The van der Waals surface area contributed by atoms with Crippen LogP contribution in [0.2, 0.25) is 5.02 Å². The van der Waals surface area contributed by atoms with Gasteiger partial charge in [-0.1, -0.05) is 60.1 Å². The number of aliphatic hydroxyl groups excluding tert-OH is 1. The van der Waals surface area contributed by atoms with Gasteiger partial charge in [-0.15, -0.1) is 0 Å². The molecule has 0 saturated carbocycles. The molecule has 0 spiro atoms. The number of H-pyrrole nitrogens is 1. The summed E-state index contributed by atoms with van der Waals surface area (Å²) in [6.07, 6.45) is 1.61. The molecule has 1 heterocycles. The van der Waals surface area contributed by atoms with E-state index in [1.807, 2.05) is 67.7 Å². The molecular weight excluding hydrogens is 462 g/mol. The molecule has 1 aromatic heterocycles. The fourth-order valence-electron chi connectivity index (χ4n) is 3.96. The predicted molar refractivity (Wildman–Crippen MR) is 140 cm³/mol. The van der Waals surface area contributed by atoms with Gasteiger partial charge in [0.2, 0.25) is 5.43 Å². The Morgan fingerprint density at radius 3 is 2.51 bits per heavy atom. The fraction of sp³-hybridized carbons (Fsp3) is 0.214. The minimum absolute atomic E-state index is 0.0757. The van der Waals surface area contributed by atoms with Gasteiger partial charge in [0.15, 0.2) is 0 Å². The van der Waals surface area contributed by atoms with Crippen molar-refractivity contribution in [2.45, 2.75) is 19.1 Å². The Kier molecular flexibility index (Phi) is 7.98. The zero-order valence-corrected chi connectivity index (χ0v) is 20.3. The highest BCUT2D eigenvalue weighted by Crippen LogP contribution is 2.15. The summed E-state index contributed by atoms with van der Waals surface area (Å²) in [7, 11) is 1.96. The number of nitrogens with zero attached hydrogens (tertiary/aromatic N) is 1. The maximum Gasteiger partial charge on any atom is 0.257 e. The van der Waals surface area contributed by atoms with E-state index in [1.165, 1.54) is 6.20 Å². The van der Waals surface area contributed by atoms with Crippen molar-refractivity contribution in [1.29, 1.82) is 0 Å². The number of amides is 1. The van der Waals surface area contributed by atoms with E-state index in [0.29, 0.717) is 42.0 Å². The topological polar surface area (TPSA) is 85.4 Å². The highest BCUT2D eigenvalue weighted by atomic mass is 35.5. The third-order valence-corrected chi connectivity index (χ3v) is 6.26. The Morgan fingerprint density at radius 2 is 1.77 bits per heavy atom. The normalized spacial score (nSPS) is 12.1. The van der Waals surface area contributed by atoms with Crippen LogP contribution in [0.5, 0.6) is 0 Å². The third kappa shape index (κ3) is 6.36. The number of pyridine rings is 1. The van der Waals surface area contributed by atoms with Crippen LogP contribution in [0.3, 0.4) is 0 Å². The van der Waals surface area contributed by atoms with E-state index in [-0.39, 0.29) is 11.0 Å². The number of aromatic nitrogens is 1. The van der Waals surface area contributed by atoms with Gasteiger partial charge in [-0.25, -0.2) is 0 Å². The van der Waals surface area contributed by atoms with E-state index in [4.69, 9.17) is 11.6 Å². The molecule has 180 valence electrons. The molecule has 0 aliphatic heterocycles. The van der Waals surface area contributed by atoms with Gasteiger partial charge in [-0.05, 0) is 54.4 Å². The Hall–Kier alpha value is -3.45. The largest absolute Gasteiger partial charge is 0.387 e. The number of fused-ring (bicyclic) bond motifs is 1. The summed E-state index contributed by atoms with van der Waals surface area (Å²) in [4.78, 5) is 30.9. The molecule has 1 atom stereocenters. The maximum atomic E-state index is 13.1. The number of aromatic amines is 1. The Bertz CT molecular complexity index is 1350. The third-order valence-electron chi connectivity index (χ3n) is 6.01. The molecule has 4 aromatic rings. The number of halogens is 1. The van der Waals surface area contributed by atoms with Crippen LogP contribution >= 0.6 is 11.6 Å². The van der Waals surface area contributed by atoms with Crippen molar-refractivity contribution in [3.05, 3.63) is 116 Å². The Morgan fingerprint density at radius 1 is 1.06 bits per heavy atom. The smallest absolute Gasteiger partial charge is 0.257 e. The van der Waals surface area contributed by atoms with Crippen LogP contribution in [0, 0.1) is 0 Å². The van der Waals surface area contributed by atoms with Crippen LogP contribution in [0.25, 0.3) is 10.9 Å². The van der Waals surface area contributed by atoms with Gasteiger partial charge in [0.25, 0.3) is 5.91 Å². The fourth-order valence-corrected chi connectivity index (χ4v) is 4.08. The molecule has 3 aromatic carbocycles. The maximum absolute atomic E-state index is 13.1. The number of hydrogen-bond acceptors (Lipinski definition) is 4. The van der Waals surface area contributed by atoms with Gasteiger partial charge in [0.05, 0.1) is 6.10 Å². The molecule has 0 saturated heterocycles. The van der Waals surface area contributed by atoms with Gasteiger partial charge >= 0.3 is 0 Å². The van der Waals surface area contributed by atoms with Crippen molar-refractivity contribution >= 4 is 28.4 Å². The number of rotatable bonds is 9. The number of benzene rings is 3. The molecule has 0 aliphatic carbocycles. The van der Waals surface area contributed by atoms with E-state index in [2.05, 4.69) is 15.2 Å². The second kappa shape index (κ2) is 11.3. The van der Waals surface area contributed by atoms with Gasteiger partial charge < -0.3 is 20.3 Å². The molecular formula is C28H28ClN3O3. The van der Waals surface area contributed by atoms with Crippen LogP contribution < -0.4 is 10.7 Å². The number of likely N-dealkylation sites (N-methyl/N-ethyl adjacent to an activating group) is 1. The number of nitrogens with one attached hydrogen (secondary N) is 2. The number of carbonyl (C=O) groups excluding carboxylic acids is 1. The van der Waals surface area contributed by atoms with Crippen LogP contribution in [0.15, 0.2) is 83.8 Å². The molecule has 1 unspecified atom stereocenters. The average molecular weight is 490 g/mol. The van der Waals surface area contributed by atoms with Gasteiger partial charge in [0.1, 0.15) is 5.56 Å². The molecule has 4 rings (SSSR count). The summed E-state index contributed by atoms with van der Waals surface area (Å²) < 4.78 is 0. The predicted octanol–water partition coefficient (Wildman–Crippen LogP) is 4.32. The lowest BCUT2D eigenvalue weighted by molar-refractivity contribution is 0.0949. The number of aliphatic hydroxyl groups is 1. The van der Waals surface area contributed by atoms with Crippen LogP contribution in [-0.2, 0) is 13.0 Å². The summed E-state index contributed by atoms with van der Waals surface area (Å²) in [6.45, 7) is 1.53. The molecule has 6 nitrogen and oxygen atoms in total. The lowest BCUT2D eigenvalue weighted by atomic mass is 10.1. The number of hydrogen-bond donors (Lipinski definition) is 3. The lowest BCUT2D eigenvalue weighted by Gasteiger charge is -2.21. The zero-order chi connectivity index (χ0) is 24.8. The summed E-state index contributed by atoms with van der Waals surface area (Å²) in [6, 6.07) is 22.4. The number of carbonyl (C=O) groups is 1. The van der Waals surface area contributed by atoms with Crippen molar-refractivity contribution in [2.75, 3.05) is 20.1 Å². The van der Waals surface area contributed by atoms with Gasteiger partial charge in [-0.3, -0.25) is 9.59 Å². The SMILES string of the molecule is CN(CCc1ccc2[nH]cc(C(=O)NCc3ccc(Cl)cc3)c(=O)c2c1)CC(O)c1ccccc1. The molecule has 0 aliphatic rings. The second-order valence-electron chi connectivity index (χ2n) is 8.66. The van der Waals surface area contributed by atoms with Crippen LogP contribution in [0.4, 0.5) is 0 Å². The summed E-state index contributed by atoms with van der Waals surface area (Å²) in [5, 5.41) is 14.3. The van der Waals surface area contributed by atoms with Crippen molar-refractivity contribution in [3.8, 4) is 0 Å². The molecule has 0 fully saturated rings. The summed E-state index contributed by atoms with van der Waals surface area (Å²) in [5.74, 6) is -0.428. The van der Waals surface area contributed by atoms with Crippen molar-refractivity contribution in [3.63, 3.8) is 0 Å². The monoisotopic (exact) mass is 489 g/mol. The van der Waals surface area contributed by atoms with E-state index in [1.54, 1.807) is 12.1 Å². The van der Waals surface area contributed by atoms with Crippen LogP contribution in [-0.4, -0.2) is 41.0 Å². The van der Waals surface area contributed by atoms with E-state index < -0.39 is 12.0 Å². The quantitative estimate of drug-likeness (QED) is 0.327. The first-order valence-corrected chi connectivity index (χ1v) is 11.9. The van der Waals surface area contributed by atoms with Gasteiger partial charge in [0, 0.05) is 41.8 Å². The second-order valence-corrected chi connectivity index (χ2v) is 9.10. The van der Waals surface area contributed by atoms with Crippen molar-refractivity contribution in [1.82, 2.24) is 15.2 Å². The molecule has 35 heavy (non-hydrogen) atoms. The average Bonchev–Trinajstić information content (AvgIpc) is 2.88. The minimum Gasteiger partial charge on any atom is -0.387 e.